The highest BCUT2D eigenvalue weighted by molar-refractivity contribution is 7.85. The molecule has 21 heavy (non-hydrogen) atoms. The lowest BCUT2D eigenvalue weighted by Gasteiger charge is -2.09. The zero-order chi connectivity index (χ0) is 15.1. The van der Waals surface area contributed by atoms with Crippen molar-refractivity contribution in [2.45, 2.75) is 11.3 Å². The van der Waals surface area contributed by atoms with Gasteiger partial charge in [-0.05, 0) is 42.8 Å². The van der Waals surface area contributed by atoms with Gasteiger partial charge in [-0.25, -0.2) is 0 Å². The Bertz CT molecular complexity index is 599. The summed E-state index contributed by atoms with van der Waals surface area (Å²) in [4.78, 5) is 0.729. The van der Waals surface area contributed by atoms with Gasteiger partial charge in [0, 0.05) is 11.4 Å². The Balaban J connectivity index is 1.80. The van der Waals surface area contributed by atoms with E-state index in [1.807, 2.05) is 36.4 Å². The van der Waals surface area contributed by atoms with Gasteiger partial charge >= 0.3 is 0 Å². The molecule has 1 unspecified atom stereocenters. The number of nitrogens with two attached hydrogens (primary N) is 1. The molecule has 2 N–H and O–H groups in total. The second-order valence-corrected chi connectivity index (χ2v) is 6.01. The summed E-state index contributed by atoms with van der Waals surface area (Å²) in [7, 11) is 0.502. The van der Waals surface area contributed by atoms with Crippen molar-refractivity contribution < 1.29 is 13.7 Å². The lowest BCUT2D eigenvalue weighted by atomic mass is 10.3. The van der Waals surface area contributed by atoms with Crippen LogP contribution in [0, 0.1) is 0 Å². The number of ether oxygens (including phenoxy) is 2. The van der Waals surface area contributed by atoms with Crippen LogP contribution in [0.2, 0.25) is 0 Å². The third kappa shape index (κ3) is 4.49. The lowest BCUT2D eigenvalue weighted by Crippen LogP contribution is -2.06. The zero-order valence-electron chi connectivity index (χ0n) is 12.0. The molecule has 1 atom stereocenters. The van der Waals surface area contributed by atoms with E-state index in [9.17, 15) is 4.21 Å². The number of benzene rings is 2. The van der Waals surface area contributed by atoms with E-state index in [1.165, 1.54) is 0 Å². The Hall–Kier alpha value is -2.01. The van der Waals surface area contributed by atoms with Crippen molar-refractivity contribution in [1.82, 2.24) is 0 Å². The van der Waals surface area contributed by atoms with E-state index in [-0.39, 0.29) is 0 Å². The average Bonchev–Trinajstić information content (AvgIpc) is 2.53. The maximum Gasteiger partial charge on any atom is 0.134 e. The number of hydrogen-bond donors (Lipinski definition) is 1. The molecule has 0 bridgehead atoms. The van der Waals surface area contributed by atoms with E-state index in [2.05, 4.69) is 0 Å². The highest BCUT2D eigenvalue weighted by atomic mass is 32.2. The van der Waals surface area contributed by atoms with Crippen molar-refractivity contribution in [3.8, 4) is 11.5 Å². The monoisotopic (exact) mass is 305 g/mol. The number of rotatable bonds is 7. The van der Waals surface area contributed by atoms with Crippen LogP contribution in [0.4, 0.5) is 5.69 Å². The van der Waals surface area contributed by atoms with Gasteiger partial charge in [0.2, 0.25) is 0 Å². The molecule has 2 aromatic rings. The van der Waals surface area contributed by atoms with E-state index in [4.69, 9.17) is 15.2 Å². The highest BCUT2D eigenvalue weighted by Gasteiger charge is 2.09. The van der Waals surface area contributed by atoms with E-state index >= 15 is 0 Å². The maximum atomic E-state index is 12.2. The quantitative estimate of drug-likeness (QED) is 0.631. The smallest absolute Gasteiger partial charge is 0.134 e. The van der Waals surface area contributed by atoms with Gasteiger partial charge < -0.3 is 15.2 Å². The molecule has 2 rings (SSSR count). The van der Waals surface area contributed by atoms with Gasteiger partial charge in [-0.1, -0.05) is 12.1 Å². The molecule has 0 amide bonds. The Labute approximate surface area is 127 Å². The molecule has 2 aromatic carbocycles. The predicted molar refractivity (Wildman–Crippen MR) is 85.2 cm³/mol. The molecule has 0 saturated heterocycles. The van der Waals surface area contributed by atoms with Crippen LogP contribution in [-0.4, -0.2) is 23.7 Å². The lowest BCUT2D eigenvalue weighted by molar-refractivity contribution is 0.318. The first-order valence-corrected chi connectivity index (χ1v) is 8.02. The summed E-state index contributed by atoms with van der Waals surface area (Å²) < 4.78 is 23.0. The van der Waals surface area contributed by atoms with Gasteiger partial charge in [0.1, 0.15) is 11.5 Å². The van der Waals surface area contributed by atoms with E-state index in [0.717, 1.165) is 10.6 Å². The van der Waals surface area contributed by atoms with Crippen LogP contribution in [0.1, 0.15) is 6.42 Å². The van der Waals surface area contributed by atoms with Crippen LogP contribution in [0.3, 0.4) is 0 Å². The summed E-state index contributed by atoms with van der Waals surface area (Å²) >= 11 is 0. The normalized spacial score (nSPS) is 11.9. The van der Waals surface area contributed by atoms with Gasteiger partial charge in [-0.15, -0.1) is 0 Å². The van der Waals surface area contributed by atoms with Crippen molar-refractivity contribution in [1.29, 1.82) is 0 Å². The molecule has 0 saturated carbocycles. The van der Waals surface area contributed by atoms with E-state index < -0.39 is 10.8 Å². The molecule has 0 aromatic heterocycles. The maximum absolute atomic E-state index is 12.2. The summed E-state index contributed by atoms with van der Waals surface area (Å²) in [5, 5.41) is 0. The Morgan fingerprint density at radius 2 is 1.81 bits per heavy atom. The van der Waals surface area contributed by atoms with Crippen molar-refractivity contribution in [2.24, 2.45) is 0 Å². The minimum atomic E-state index is -1.08. The topological polar surface area (TPSA) is 61.5 Å². The molecule has 0 fully saturated rings. The van der Waals surface area contributed by atoms with Crippen LogP contribution in [0.25, 0.3) is 0 Å². The number of methoxy groups -OCH3 is 1. The molecule has 0 heterocycles. The first-order chi connectivity index (χ1) is 10.2. The van der Waals surface area contributed by atoms with Gasteiger partial charge in [-0.3, -0.25) is 4.21 Å². The molecular formula is C16H19NO3S. The zero-order valence-corrected chi connectivity index (χ0v) is 12.8. The highest BCUT2D eigenvalue weighted by Crippen LogP contribution is 2.21. The fourth-order valence-electron chi connectivity index (χ4n) is 1.86. The SMILES string of the molecule is COc1ccccc1S(=O)CCCOc1ccc(N)cc1. The van der Waals surface area contributed by atoms with Crippen molar-refractivity contribution >= 4 is 16.5 Å². The van der Waals surface area contributed by atoms with Gasteiger partial charge in [0.25, 0.3) is 0 Å². The average molecular weight is 305 g/mol. The van der Waals surface area contributed by atoms with Crippen LogP contribution in [-0.2, 0) is 10.8 Å². The van der Waals surface area contributed by atoms with Gasteiger partial charge in [0.05, 0.1) is 29.4 Å². The first-order valence-electron chi connectivity index (χ1n) is 6.70. The molecular weight excluding hydrogens is 286 g/mol. The van der Waals surface area contributed by atoms with Crippen molar-refractivity contribution in [3.63, 3.8) is 0 Å². The minimum Gasteiger partial charge on any atom is -0.495 e. The van der Waals surface area contributed by atoms with E-state index in [0.29, 0.717) is 30.2 Å². The standard InChI is InChI=1S/C16H19NO3S/c1-19-15-5-2-3-6-16(15)21(18)12-4-11-20-14-9-7-13(17)8-10-14/h2-3,5-10H,4,11-12,17H2,1H3. The minimum absolute atomic E-state index is 0.519. The second kappa shape index (κ2) is 7.69. The molecule has 0 radical (unpaired) electrons. The number of anilines is 1. The molecule has 0 aliphatic carbocycles. The van der Waals surface area contributed by atoms with E-state index in [1.54, 1.807) is 19.2 Å². The summed E-state index contributed by atoms with van der Waals surface area (Å²) in [6.07, 6.45) is 0.703. The Kier molecular flexibility index (Phi) is 5.63. The van der Waals surface area contributed by atoms with Crippen LogP contribution in [0.15, 0.2) is 53.4 Å². The van der Waals surface area contributed by atoms with Crippen LogP contribution in [0.5, 0.6) is 11.5 Å². The Morgan fingerprint density at radius 1 is 1.10 bits per heavy atom. The molecule has 4 nitrogen and oxygen atoms in total. The molecule has 0 aliphatic rings. The molecule has 0 aliphatic heterocycles. The molecule has 112 valence electrons. The number of para-hydroxylation sites is 1. The van der Waals surface area contributed by atoms with Crippen molar-refractivity contribution in [2.75, 3.05) is 25.2 Å². The van der Waals surface area contributed by atoms with Crippen LogP contribution >= 0.6 is 0 Å². The third-order valence-electron chi connectivity index (χ3n) is 2.94. The summed E-state index contributed by atoms with van der Waals surface area (Å²) in [6.45, 7) is 0.519. The number of hydrogen-bond acceptors (Lipinski definition) is 4. The second-order valence-electron chi connectivity index (χ2n) is 4.47. The molecule has 0 spiro atoms. The first kappa shape index (κ1) is 15.4. The Morgan fingerprint density at radius 3 is 2.52 bits per heavy atom. The fraction of sp³-hybridized carbons (Fsp3) is 0.250. The third-order valence-corrected chi connectivity index (χ3v) is 4.42. The van der Waals surface area contributed by atoms with Crippen LogP contribution < -0.4 is 15.2 Å². The predicted octanol–water partition coefficient (Wildman–Crippen LogP) is 2.85. The largest absolute Gasteiger partial charge is 0.495 e. The fourth-order valence-corrected chi connectivity index (χ4v) is 3.07. The molecule has 5 heteroatoms. The van der Waals surface area contributed by atoms with Gasteiger partial charge in [-0.2, -0.15) is 0 Å². The van der Waals surface area contributed by atoms with Gasteiger partial charge in [0.15, 0.2) is 0 Å². The summed E-state index contributed by atoms with van der Waals surface area (Å²) in [6, 6.07) is 14.6. The number of nitrogen functional groups attached to an aromatic ring is 1. The summed E-state index contributed by atoms with van der Waals surface area (Å²) in [5.74, 6) is 1.97. The summed E-state index contributed by atoms with van der Waals surface area (Å²) in [5.41, 5.74) is 6.31. The van der Waals surface area contributed by atoms with Crippen molar-refractivity contribution in [3.05, 3.63) is 48.5 Å².